The lowest BCUT2D eigenvalue weighted by Gasteiger charge is -2.44. The summed E-state index contributed by atoms with van der Waals surface area (Å²) in [6.07, 6.45) is -0.255. The fraction of sp³-hybridized carbons (Fsp3) is 0.440. The van der Waals surface area contributed by atoms with Crippen LogP contribution in [0, 0.1) is 5.82 Å². The number of ether oxygens (including phenoxy) is 2. The second-order valence-electron chi connectivity index (χ2n) is 8.65. The molecule has 2 saturated heterocycles. The van der Waals surface area contributed by atoms with E-state index in [1.54, 1.807) is 35.2 Å². The van der Waals surface area contributed by atoms with E-state index in [4.69, 9.17) is 9.47 Å². The van der Waals surface area contributed by atoms with Crippen LogP contribution in [0.5, 0.6) is 0 Å². The predicted octanol–water partition coefficient (Wildman–Crippen LogP) is 2.67. The van der Waals surface area contributed by atoms with Gasteiger partial charge in [-0.1, -0.05) is 36.4 Å². The number of anilines is 1. The first kappa shape index (κ1) is 24.1. The van der Waals surface area contributed by atoms with Crippen molar-refractivity contribution in [2.45, 2.75) is 50.2 Å². The minimum absolute atomic E-state index is 0.0927. The number of amides is 3. The number of aliphatic hydroxyl groups excluding tert-OH is 1. The number of nitrogens with one attached hydrogen (secondary N) is 2. The van der Waals surface area contributed by atoms with Gasteiger partial charge in [-0.2, -0.15) is 0 Å². The number of aliphatic hydroxyl groups is 1. The summed E-state index contributed by atoms with van der Waals surface area (Å²) >= 11 is 0. The van der Waals surface area contributed by atoms with Gasteiger partial charge in [0.2, 0.25) is 5.91 Å². The molecule has 182 valence electrons. The molecule has 0 spiro atoms. The zero-order valence-electron chi connectivity index (χ0n) is 18.9. The van der Waals surface area contributed by atoms with Gasteiger partial charge in [0.05, 0.1) is 44.4 Å². The minimum Gasteiger partial charge on any atom is -0.389 e. The largest absolute Gasteiger partial charge is 0.389 e. The van der Waals surface area contributed by atoms with E-state index < -0.39 is 12.2 Å². The summed E-state index contributed by atoms with van der Waals surface area (Å²) in [5, 5.41) is 15.9. The standard InChI is InChI=1S/C25H30FN3O5/c26-21-9-5-4-6-17(21)13-27-24(31)12-20-10-11-22-23(34-20)16-33-15-19(30)14-29(22)25(32)28-18-7-2-1-3-8-18/h1-9,19-20,22-23,30H,10-16H2,(H,27,31)(H,28,32)/t19-,20+,22-,23+/m0/s1. The maximum atomic E-state index is 13.8. The maximum Gasteiger partial charge on any atom is 0.322 e. The molecule has 0 aliphatic carbocycles. The number of fused-ring (bicyclic) bond motifs is 1. The molecule has 0 bridgehead atoms. The Morgan fingerprint density at radius 1 is 1.06 bits per heavy atom. The van der Waals surface area contributed by atoms with E-state index >= 15 is 0 Å². The highest BCUT2D eigenvalue weighted by molar-refractivity contribution is 5.89. The normalized spacial score (nSPS) is 24.9. The van der Waals surface area contributed by atoms with Crippen molar-refractivity contribution in [3.63, 3.8) is 0 Å². The predicted molar refractivity (Wildman–Crippen MR) is 124 cm³/mol. The van der Waals surface area contributed by atoms with Crippen molar-refractivity contribution in [3.05, 3.63) is 66.0 Å². The summed E-state index contributed by atoms with van der Waals surface area (Å²) < 4.78 is 25.6. The third-order valence-electron chi connectivity index (χ3n) is 6.11. The van der Waals surface area contributed by atoms with Gasteiger partial charge in [0.15, 0.2) is 0 Å². The molecule has 0 radical (unpaired) electrons. The lowest BCUT2D eigenvalue weighted by Crippen LogP contribution is -2.58. The van der Waals surface area contributed by atoms with Gasteiger partial charge >= 0.3 is 6.03 Å². The van der Waals surface area contributed by atoms with Crippen molar-refractivity contribution >= 4 is 17.6 Å². The Kier molecular flexibility index (Phi) is 8.10. The highest BCUT2D eigenvalue weighted by Gasteiger charge is 2.40. The summed E-state index contributed by atoms with van der Waals surface area (Å²) in [6, 6.07) is 14.8. The summed E-state index contributed by atoms with van der Waals surface area (Å²) in [4.78, 5) is 27.1. The first-order valence-electron chi connectivity index (χ1n) is 11.5. The fourth-order valence-corrected chi connectivity index (χ4v) is 4.41. The van der Waals surface area contributed by atoms with Crippen LogP contribution >= 0.6 is 0 Å². The van der Waals surface area contributed by atoms with Gasteiger partial charge in [-0.15, -0.1) is 0 Å². The molecule has 2 aliphatic heterocycles. The average Bonchev–Trinajstić information content (AvgIpc) is 2.82. The van der Waals surface area contributed by atoms with E-state index in [1.807, 2.05) is 18.2 Å². The lowest BCUT2D eigenvalue weighted by atomic mass is 9.95. The fourth-order valence-electron chi connectivity index (χ4n) is 4.41. The summed E-state index contributed by atoms with van der Waals surface area (Å²) in [5.41, 5.74) is 1.09. The Hall–Kier alpha value is -3.01. The first-order chi connectivity index (χ1) is 16.5. The van der Waals surface area contributed by atoms with Crippen LogP contribution in [-0.2, 0) is 20.8 Å². The number of nitrogens with zero attached hydrogens (tertiary/aromatic N) is 1. The molecule has 0 saturated carbocycles. The van der Waals surface area contributed by atoms with Crippen LogP contribution in [0.3, 0.4) is 0 Å². The van der Waals surface area contributed by atoms with Gasteiger partial charge in [-0.05, 0) is 31.0 Å². The van der Waals surface area contributed by atoms with E-state index in [9.17, 15) is 19.1 Å². The molecule has 2 aromatic carbocycles. The van der Waals surface area contributed by atoms with E-state index in [-0.39, 0.29) is 62.6 Å². The third-order valence-corrected chi connectivity index (χ3v) is 6.11. The summed E-state index contributed by atoms with van der Waals surface area (Å²) in [5.74, 6) is -0.588. The molecular weight excluding hydrogens is 441 g/mol. The molecule has 9 heteroatoms. The van der Waals surface area contributed by atoms with Crippen LogP contribution < -0.4 is 10.6 Å². The topological polar surface area (TPSA) is 100 Å². The van der Waals surface area contributed by atoms with E-state index in [2.05, 4.69) is 10.6 Å². The number of carbonyl (C=O) groups excluding carboxylic acids is 2. The molecule has 0 aromatic heterocycles. The molecule has 2 fully saturated rings. The monoisotopic (exact) mass is 471 g/mol. The second kappa shape index (κ2) is 11.4. The molecule has 4 rings (SSSR count). The van der Waals surface area contributed by atoms with Crippen LogP contribution in [0.15, 0.2) is 54.6 Å². The molecule has 0 unspecified atom stereocenters. The number of halogens is 1. The van der Waals surface area contributed by atoms with Gasteiger partial charge in [-0.25, -0.2) is 9.18 Å². The molecular formula is C25H30FN3O5. The summed E-state index contributed by atoms with van der Waals surface area (Å²) in [7, 11) is 0. The molecule has 2 aromatic rings. The smallest absolute Gasteiger partial charge is 0.322 e. The first-order valence-corrected chi connectivity index (χ1v) is 11.5. The number of benzene rings is 2. The van der Waals surface area contributed by atoms with E-state index in [0.717, 1.165) is 0 Å². The zero-order chi connectivity index (χ0) is 23.9. The van der Waals surface area contributed by atoms with Crippen molar-refractivity contribution in [3.8, 4) is 0 Å². The van der Waals surface area contributed by atoms with Crippen molar-refractivity contribution in [1.29, 1.82) is 0 Å². The molecule has 3 amide bonds. The maximum absolute atomic E-state index is 13.8. The molecule has 3 N–H and O–H groups in total. The molecule has 4 atom stereocenters. The SMILES string of the molecule is O=C(C[C@H]1CC[C@H]2[C@@H](COC[C@@H](O)CN2C(=O)Nc2ccccc2)O1)NCc1ccccc1F. The Bertz CT molecular complexity index is 976. The highest BCUT2D eigenvalue weighted by atomic mass is 19.1. The Labute approximate surface area is 198 Å². The molecule has 2 heterocycles. The van der Waals surface area contributed by atoms with Crippen LogP contribution in [0.4, 0.5) is 14.9 Å². The minimum atomic E-state index is -0.802. The second-order valence-corrected chi connectivity index (χ2v) is 8.65. The van der Waals surface area contributed by atoms with Crippen molar-refractivity contribution in [2.24, 2.45) is 0 Å². The summed E-state index contributed by atoms with van der Waals surface area (Å²) in [6.45, 7) is 0.537. The number of hydrogen-bond donors (Lipinski definition) is 3. The number of rotatable bonds is 5. The average molecular weight is 472 g/mol. The van der Waals surface area contributed by atoms with Gasteiger partial charge in [0.1, 0.15) is 11.9 Å². The number of β-amino-alcohol motifs (C(OH)–C–C–N with tert-alkyl or cyclic N) is 1. The zero-order valence-corrected chi connectivity index (χ0v) is 18.9. The van der Waals surface area contributed by atoms with Crippen LogP contribution in [-0.4, -0.2) is 66.1 Å². The van der Waals surface area contributed by atoms with Crippen LogP contribution in [0.2, 0.25) is 0 Å². The molecule has 34 heavy (non-hydrogen) atoms. The van der Waals surface area contributed by atoms with Crippen LogP contribution in [0.25, 0.3) is 0 Å². The third kappa shape index (κ3) is 6.31. The molecule has 2 aliphatic rings. The quantitative estimate of drug-likeness (QED) is 0.623. The van der Waals surface area contributed by atoms with Crippen LogP contribution in [0.1, 0.15) is 24.8 Å². The molecule has 8 nitrogen and oxygen atoms in total. The lowest BCUT2D eigenvalue weighted by molar-refractivity contribution is -0.149. The Morgan fingerprint density at radius 2 is 1.82 bits per heavy atom. The van der Waals surface area contributed by atoms with Crippen molar-refractivity contribution in [2.75, 3.05) is 25.1 Å². The number of hydrogen-bond acceptors (Lipinski definition) is 5. The Balaban J connectivity index is 1.35. The highest BCUT2D eigenvalue weighted by Crippen LogP contribution is 2.28. The Morgan fingerprint density at radius 3 is 2.62 bits per heavy atom. The number of carbonyl (C=O) groups is 2. The van der Waals surface area contributed by atoms with Gasteiger partial charge in [0.25, 0.3) is 0 Å². The number of para-hydroxylation sites is 1. The van der Waals surface area contributed by atoms with Crippen molar-refractivity contribution in [1.82, 2.24) is 10.2 Å². The van der Waals surface area contributed by atoms with Gasteiger partial charge in [-0.3, -0.25) is 4.79 Å². The van der Waals surface area contributed by atoms with E-state index in [1.165, 1.54) is 6.07 Å². The van der Waals surface area contributed by atoms with E-state index in [0.29, 0.717) is 24.1 Å². The number of urea groups is 1. The van der Waals surface area contributed by atoms with Gasteiger partial charge < -0.3 is 30.1 Å². The van der Waals surface area contributed by atoms with Crippen molar-refractivity contribution < 1.29 is 28.6 Å². The van der Waals surface area contributed by atoms with Gasteiger partial charge in [0, 0.05) is 17.8 Å².